The molecule has 3 aliphatic rings. The number of ketones is 1. The Kier molecular flexibility index (Phi) is 8.14. The highest BCUT2D eigenvalue weighted by Gasteiger charge is 2.42. The predicted molar refractivity (Wildman–Crippen MR) is 177 cm³/mol. The standard InChI is InChI=1S/C34H35Cl3N4O2/c1-21-8-10-23(35)17-29(21)39-12-14-40(15-13-39)31(43)20-41-28-7-5-4-6-26(28)38-27-18-34(2,3)19-30(42)32(27)33(41)22-9-11-24(36)25(37)16-22/h4-11,16-17,33,38H,12-15,18-20H2,1-3H3. The number of para-hydroxylation sites is 2. The number of nitrogens with one attached hydrogen (secondary N) is 1. The van der Waals surface area contributed by atoms with Crippen molar-refractivity contribution in [2.75, 3.05) is 47.8 Å². The Hall–Kier alpha value is -3.19. The minimum absolute atomic E-state index is 0.00923. The number of carbonyl (C=O) groups is 2. The SMILES string of the molecule is Cc1ccc(Cl)cc1N1CCN(C(=O)CN2c3ccccc3NC3=C(C(=O)CC(C)(C)C3)C2c2ccc(Cl)c(Cl)c2)CC1. The van der Waals surface area contributed by atoms with Gasteiger partial charge in [-0.15, -0.1) is 0 Å². The van der Waals surface area contributed by atoms with E-state index in [9.17, 15) is 9.59 Å². The molecular weight excluding hydrogens is 603 g/mol. The van der Waals surface area contributed by atoms with Gasteiger partial charge in [-0.2, -0.15) is 0 Å². The first-order valence-corrected chi connectivity index (χ1v) is 15.8. The van der Waals surface area contributed by atoms with Gasteiger partial charge in [-0.25, -0.2) is 0 Å². The van der Waals surface area contributed by atoms with Crippen molar-refractivity contribution in [2.45, 2.75) is 39.7 Å². The molecular formula is C34H35Cl3N4O2. The average Bonchev–Trinajstić information content (AvgIpc) is 3.09. The molecule has 1 aliphatic carbocycles. The molecule has 43 heavy (non-hydrogen) atoms. The summed E-state index contributed by atoms with van der Waals surface area (Å²) in [5.74, 6) is 0.0838. The largest absolute Gasteiger partial charge is 0.368 e. The van der Waals surface area contributed by atoms with Gasteiger partial charge in [-0.05, 0) is 66.3 Å². The number of benzene rings is 3. The third-order valence-electron chi connectivity index (χ3n) is 8.71. The lowest BCUT2D eigenvalue weighted by molar-refractivity contribution is -0.130. The molecule has 0 aromatic heterocycles. The number of piperazine rings is 1. The molecule has 0 spiro atoms. The summed E-state index contributed by atoms with van der Waals surface area (Å²) in [5.41, 5.74) is 6.20. The van der Waals surface area contributed by atoms with Crippen LogP contribution in [0.1, 0.15) is 43.9 Å². The minimum Gasteiger partial charge on any atom is -0.368 e. The van der Waals surface area contributed by atoms with Crippen molar-refractivity contribution in [3.05, 3.63) is 98.1 Å². The number of fused-ring (bicyclic) bond motifs is 1. The van der Waals surface area contributed by atoms with Crippen molar-refractivity contribution >= 4 is 63.6 Å². The first kappa shape index (κ1) is 29.9. The summed E-state index contributed by atoms with van der Waals surface area (Å²) in [6.45, 7) is 9.03. The Morgan fingerprint density at radius 1 is 0.907 bits per heavy atom. The zero-order chi connectivity index (χ0) is 30.5. The van der Waals surface area contributed by atoms with Gasteiger partial charge in [0.05, 0.1) is 34.0 Å². The van der Waals surface area contributed by atoms with Crippen LogP contribution < -0.4 is 15.1 Å². The second-order valence-corrected chi connectivity index (χ2v) is 13.7. The molecule has 6 nitrogen and oxygen atoms in total. The number of halogens is 3. The van der Waals surface area contributed by atoms with Crippen LogP contribution in [0.2, 0.25) is 15.1 Å². The number of rotatable bonds is 4. The van der Waals surface area contributed by atoms with E-state index in [0.717, 1.165) is 33.9 Å². The van der Waals surface area contributed by atoms with Crippen LogP contribution in [0.25, 0.3) is 0 Å². The fourth-order valence-electron chi connectivity index (χ4n) is 6.62. The number of carbonyl (C=O) groups excluding carboxylic acids is 2. The van der Waals surface area contributed by atoms with Gasteiger partial charge < -0.3 is 20.0 Å². The van der Waals surface area contributed by atoms with E-state index < -0.39 is 6.04 Å². The van der Waals surface area contributed by atoms with Crippen LogP contribution in [0.5, 0.6) is 0 Å². The van der Waals surface area contributed by atoms with Crippen LogP contribution in [0, 0.1) is 12.3 Å². The quantitative estimate of drug-likeness (QED) is 0.315. The molecule has 1 amide bonds. The third kappa shape index (κ3) is 5.98. The van der Waals surface area contributed by atoms with E-state index in [1.165, 1.54) is 0 Å². The van der Waals surface area contributed by atoms with Gasteiger partial charge in [0.15, 0.2) is 5.78 Å². The average molecular weight is 638 g/mol. The highest BCUT2D eigenvalue weighted by atomic mass is 35.5. The normalized spacial score (nSPS) is 19.9. The summed E-state index contributed by atoms with van der Waals surface area (Å²) in [6.07, 6.45) is 1.14. The van der Waals surface area contributed by atoms with Gasteiger partial charge in [0.1, 0.15) is 0 Å². The van der Waals surface area contributed by atoms with Gasteiger partial charge in [-0.3, -0.25) is 9.59 Å². The second-order valence-electron chi connectivity index (χ2n) is 12.5. The van der Waals surface area contributed by atoms with Crippen molar-refractivity contribution in [2.24, 2.45) is 5.41 Å². The van der Waals surface area contributed by atoms with Gasteiger partial charge in [0.2, 0.25) is 5.91 Å². The van der Waals surface area contributed by atoms with Crippen molar-refractivity contribution in [1.82, 2.24) is 4.90 Å². The van der Waals surface area contributed by atoms with Crippen LogP contribution in [-0.4, -0.2) is 49.3 Å². The molecule has 1 unspecified atom stereocenters. The lowest BCUT2D eigenvalue weighted by Crippen LogP contribution is -2.52. The Bertz CT molecular complexity index is 1630. The highest BCUT2D eigenvalue weighted by Crippen LogP contribution is 2.48. The number of anilines is 3. The van der Waals surface area contributed by atoms with E-state index >= 15 is 0 Å². The van der Waals surface area contributed by atoms with Crippen LogP contribution in [-0.2, 0) is 9.59 Å². The van der Waals surface area contributed by atoms with Crippen molar-refractivity contribution in [3.8, 4) is 0 Å². The molecule has 2 heterocycles. The van der Waals surface area contributed by atoms with Crippen molar-refractivity contribution < 1.29 is 9.59 Å². The van der Waals surface area contributed by atoms with Gasteiger partial charge in [0, 0.05) is 54.6 Å². The Balaban J connectivity index is 1.35. The number of Topliss-reactive ketones (excluding diaryl/α,β-unsaturated/α-hetero) is 1. The summed E-state index contributed by atoms with van der Waals surface area (Å²) in [7, 11) is 0. The van der Waals surface area contributed by atoms with E-state index in [-0.39, 0.29) is 23.7 Å². The Morgan fingerprint density at radius 2 is 1.65 bits per heavy atom. The molecule has 0 radical (unpaired) electrons. The van der Waals surface area contributed by atoms with Gasteiger partial charge >= 0.3 is 0 Å². The summed E-state index contributed by atoms with van der Waals surface area (Å²) in [4.78, 5) is 34.3. The van der Waals surface area contributed by atoms with Crippen LogP contribution in [0.3, 0.4) is 0 Å². The zero-order valence-electron chi connectivity index (χ0n) is 24.6. The van der Waals surface area contributed by atoms with E-state index in [2.05, 4.69) is 35.9 Å². The van der Waals surface area contributed by atoms with Crippen LogP contribution in [0.15, 0.2) is 71.9 Å². The number of allylic oxidation sites excluding steroid dienone is 1. The van der Waals surface area contributed by atoms with Crippen molar-refractivity contribution in [1.29, 1.82) is 0 Å². The number of hydrogen-bond acceptors (Lipinski definition) is 5. The monoisotopic (exact) mass is 636 g/mol. The zero-order valence-corrected chi connectivity index (χ0v) is 26.9. The summed E-state index contributed by atoms with van der Waals surface area (Å²) < 4.78 is 0. The Morgan fingerprint density at radius 3 is 2.40 bits per heavy atom. The number of hydrogen-bond donors (Lipinski definition) is 1. The molecule has 6 rings (SSSR count). The predicted octanol–water partition coefficient (Wildman–Crippen LogP) is 7.92. The van der Waals surface area contributed by atoms with E-state index in [1.54, 1.807) is 6.07 Å². The second kappa shape index (κ2) is 11.7. The fraction of sp³-hybridized carbons (Fsp3) is 0.353. The summed E-state index contributed by atoms with van der Waals surface area (Å²) in [6, 6.07) is 18.9. The highest BCUT2D eigenvalue weighted by molar-refractivity contribution is 6.42. The number of amides is 1. The van der Waals surface area contributed by atoms with Gasteiger partial charge in [0.25, 0.3) is 0 Å². The fourth-order valence-corrected chi connectivity index (χ4v) is 7.09. The molecule has 2 aliphatic heterocycles. The molecule has 1 fully saturated rings. The number of nitrogens with zero attached hydrogens (tertiary/aromatic N) is 3. The molecule has 0 saturated carbocycles. The van der Waals surface area contributed by atoms with E-state index in [4.69, 9.17) is 34.8 Å². The molecule has 3 aromatic rings. The first-order chi connectivity index (χ1) is 20.5. The molecule has 3 aromatic carbocycles. The molecule has 1 atom stereocenters. The molecule has 1 N–H and O–H groups in total. The molecule has 0 bridgehead atoms. The first-order valence-electron chi connectivity index (χ1n) is 14.6. The maximum Gasteiger partial charge on any atom is 0.242 e. The number of aryl methyl sites for hydroxylation is 1. The lowest BCUT2D eigenvalue weighted by atomic mass is 9.73. The van der Waals surface area contributed by atoms with E-state index in [0.29, 0.717) is 59.7 Å². The van der Waals surface area contributed by atoms with E-state index in [1.807, 2.05) is 59.5 Å². The molecule has 1 saturated heterocycles. The van der Waals surface area contributed by atoms with Crippen LogP contribution >= 0.6 is 34.8 Å². The maximum atomic E-state index is 14.1. The lowest BCUT2D eigenvalue weighted by Gasteiger charge is -2.40. The summed E-state index contributed by atoms with van der Waals surface area (Å²) >= 11 is 19.2. The third-order valence-corrected chi connectivity index (χ3v) is 9.69. The van der Waals surface area contributed by atoms with Crippen molar-refractivity contribution in [3.63, 3.8) is 0 Å². The maximum absolute atomic E-state index is 14.1. The topological polar surface area (TPSA) is 55.9 Å². The minimum atomic E-state index is -0.510. The molecule has 224 valence electrons. The smallest absolute Gasteiger partial charge is 0.242 e. The summed E-state index contributed by atoms with van der Waals surface area (Å²) in [5, 5.41) is 5.16. The molecule has 9 heteroatoms. The Labute approximate surface area is 268 Å². The van der Waals surface area contributed by atoms with Gasteiger partial charge in [-0.1, -0.05) is 72.9 Å². The van der Waals surface area contributed by atoms with Crippen LogP contribution in [0.4, 0.5) is 17.1 Å².